The quantitative estimate of drug-likeness (QED) is 0.666. The molecule has 1 rings (SSSR count). The molecule has 0 fully saturated rings. The summed E-state index contributed by atoms with van der Waals surface area (Å²) in [5, 5.41) is 6.85. The van der Waals surface area contributed by atoms with Crippen molar-refractivity contribution in [3.63, 3.8) is 0 Å². The zero-order valence-electron chi connectivity index (χ0n) is 12.9. The maximum atomic E-state index is 4.69. The molecule has 0 aromatic carbocycles. The first-order chi connectivity index (χ1) is 9.11. The summed E-state index contributed by atoms with van der Waals surface area (Å²) in [6.45, 7) is 10.8. The minimum absolute atomic E-state index is 0.698. The molecule has 0 saturated carbocycles. The van der Waals surface area contributed by atoms with Gasteiger partial charge in [0.15, 0.2) is 0 Å². The third-order valence-electron chi connectivity index (χ3n) is 3.00. The van der Waals surface area contributed by atoms with Gasteiger partial charge in [-0.1, -0.05) is 33.6 Å². The van der Waals surface area contributed by atoms with E-state index in [0.717, 1.165) is 19.6 Å². The number of hydrogen-bond acceptors (Lipinski definition) is 4. The molecule has 19 heavy (non-hydrogen) atoms. The van der Waals surface area contributed by atoms with Crippen molar-refractivity contribution in [3.05, 3.63) is 16.1 Å². The van der Waals surface area contributed by atoms with Gasteiger partial charge in [-0.25, -0.2) is 4.98 Å². The third kappa shape index (κ3) is 7.65. The lowest BCUT2D eigenvalue weighted by Gasteiger charge is -2.14. The largest absolute Gasteiger partial charge is 0.310 e. The summed E-state index contributed by atoms with van der Waals surface area (Å²) in [4.78, 5) is 7.06. The Labute approximate surface area is 122 Å². The van der Waals surface area contributed by atoms with Gasteiger partial charge in [-0.3, -0.25) is 0 Å². The lowest BCUT2D eigenvalue weighted by molar-refractivity contribution is 0.315. The van der Waals surface area contributed by atoms with Crippen molar-refractivity contribution in [3.8, 4) is 0 Å². The summed E-state index contributed by atoms with van der Waals surface area (Å²) < 4.78 is 0. The topological polar surface area (TPSA) is 28.2 Å². The number of nitrogens with one attached hydrogen (secondary N) is 1. The average Bonchev–Trinajstić information content (AvgIpc) is 2.76. The average molecular weight is 283 g/mol. The minimum atomic E-state index is 0.698. The van der Waals surface area contributed by atoms with Crippen LogP contribution in [0.15, 0.2) is 5.38 Å². The number of rotatable bonds is 10. The number of unbranched alkanes of at least 4 members (excludes halogenated alkanes) is 2. The molecule has 0 aliphatic carbocycles. The van der Waals surface area contributed by atoms with Crippen LogP contribution < -0.4 is 5.32 Å². The lowest BCUT2D eigenvalue weighted by Crippen LogP contribution is -2.20. The van der Waals surface area contributed by atoms with Crippen LogP contribution in [0.1, 0.15) is 50.7 Å². The van der Waals surface area contributed by atoms with Gasteiger partial charge in [-0.15, -0.1) is 11.3 Å². The predicted octanol–water partition coefficient (Wildman–Crippen LogP) is 3.51. The molecule has 0 atom stereocenters. The Hall–Kier alpha value is -0.450. The number of thiazole rings is 1. The van der Waals surface area contributed by atoms with Crippen LogP contribution in [0.4, 0.5) is 0 Å². The van der Waals surface area contributed by atoms with Crippen molar-refractivity contribution in [1.82, 2.24) is 15.2 Å². The summed E-state index contributed by atoms with van der Waals surface area (Å²) >= 11 is 1.77. The Morgan fingerprint density at radius 1 is 1.37 bits per heavy atom. The van der Waals surface area contributed by atoms with E-state index in [1.165, 1.54) is 36.5 Å². The molecule has 110 valence electrons. The first kappa shape index (κ1) is 16.6. The van der Waals surface area contributed by atoms with Crippen molar-refractivity contribution in [1.29, 1.82) is 0 Å². The molecule has 0 amide bonds. The second kappa shape index (κ2) is 9.45. The molecule has 4 heteroatoms. The van der Waals surface area contributed by atoms with Crippen LogP contribution in [-0.4, -0.2) is 30.0 Å². The van der Waals surface area contributed by atoms with Gasteiger partial charge in [0.2, 0.25) is 0 Å². The highest BCUT2D eigenvalue weighted by Gasteiger charge is 2.05. The van der Waals surface area contributed by atoms with Gasteiger partial charge in [0.25, 0.3) is 0 Å². The van der Waals surface area contributed by atoms with Crippen LogP contribution in [0.5, 0.6) is 0 Å². The second-order valence-corrected chi connectivity index (χ2v) is 6.64. The Morgan fingerprint density at radius 3 is 2.84 bits per heavy atom. The predicted molar refractivity (Wildman–Crippen MR) is 84.5 cm³/mol. The monoisotopic (exact) mass is 283 g/mol. The van der Waals surface area contributed by atoms with E-state index in [0.29, 0.717) is 5.92 Å². The molecule has 0 saturated heterocycles. The highest BCUT2D eigenvalue weighted by molar-refractivity contribution is 7.09. The molecule has 0 bridgehead atoms. The molecule has 3 nitrogen and oxygen atoms in total. The Balaban J connectivity index is 2.25. The zero-order valence-corrected chi connectivity index (χ0v) is 13.7. The molecular weight excluding hydrogens is 254 g/mol. The first-order valence-corrected chi connectivity index (χ1v) is 8.32. The molecule has 1 aromatic rings. The van der Waals surface area contributed by atoms with Crippen molar-refractivity contribution in [2.24, 2.45) is 5.92 Å². The smallest absolute Gasteiger partial charge is 0.107 e. The molecule has 0 unspecified atom stereocenters. The van der Waals surface area contributed by atoms with E-state index in [4.69, 9.17) is 0 Å². The van der Waals surface area contributed by atoms with Crippen molar-refractivity contribution < 1.29 is 0 Å². The summed E-state index contributed by atoms with van der Waals surface area (Å²) in [6, 6.07) is 0. The molecular formula is C15H29N3S. The van der Waals surface area contributed by atoms with Crippen LogP contribution in [0.2, 0.25) is 0 Å². The Bertz CT molecular complexity index is 336. The van der Waals surface area contributed by atoms with Gasteiger partial charge in [0.1, 0.15) is 5.01 Å². The minimum Gasteiger partial charge on any atom is -0.310 e. The van der Waals surface area contributed by atoms with Crippen LogP contribution in [0.3, 0.4) is 0 Å². The fourth-order valence-electron chi connectivity index (χ4n) is 1.96. The summed E-state index contributed by atoms with van der Waals surface area (Å²) in [6.07, 6.45) is 3.90. The summed E-state index contributed by atoms with van der Waals surface area (Å²) in [5.41, 5.74) is 1.21. The molecule has 1 aromatic heterocycles. The summed E-state index contributed by atoms with van der Waals surface area (Å²) in [7, 11) is 2.19. The van der Waals surface area contributed by atoms with E-state index < -0.39 is 0 Å². The number of nitrogens with zero attached hydrogens (tertiary/aromatic N) is 2. The van der Waals surface area contributed by atoms with Gasteiger partial charge < -0.3 is 10.2 Å². The molecule has 0 spiro atoms. The standard InChI is InChI=1S/C15H29N3S/c1-5-6-7-8-18(4)11-14-12-19-15(17-14)10-16-9-13(2)3/h12-13,16H,5-11H2,1-4H3. The van der Waals surface area contributed by atoms with Crippen LogP contribution in [-0.2, 0) is 13.1 Å². The fraction of sp³-hybridized carbons (Fsp3) is 0.800. The van der Waals surface area contributed by atoms with Gasteiger partial charge in [0.05, 0.1) is 5.69 Å². The maximum absolute atomic E-state index is 4.69. The van der Waals surface area contributed by atoms with Crippen LogP contribution in [0.25, 0.3) is 0 Å². The summed E-state index contributed by atoms with van der Waals surface area (Å²) in [5.74, 6) is 0.698. The van der Waals surface area contributed by atoms with E-state index >= 15 is 0 Å². The second-order valence-electron chi connectivity index (χ2n) is 5.70. The van der Waals surface area contributed by atoms with E-state index in [1.807, 2.05) is 0 Å². The van der Waals surface area contributed by atoms with E-state index in [-0.39, 0.29) is 0 Å². The molecule has 1 heterocycles. The highest BCUT2D eigenvalue weighted by atomic mass is 32.1. The normalized spacial score (nSPS) is 11.7. The molecule has 0 aliphatic heterocycles. The van der Waals surface area contributed by atoms with Gasteiger partial charge in [-0.05, 0) is 32.5 Å². The Morgan fingerprint density at radius 2 is 2.16 bits per heavy atom. The van der Waals surface area contributed by atoms with E-state index in [1.54, 1.807) is 11.3 Å². The van der Waals surface area contributed by atoms with Gasteiger partial charge in [-0.2, -0.15) is 0 Å². The maximum Gasteiger partial charge on any atom is 0.107 e. The SMILES string of the molecule is CCCCCN(C)Cc1csc(CNCC(C)C)n1. The zero-order chi connectivity index (χ0) is 14.1. The van der Waals surface area contributed by atoms with Crippen molar-refractivity contribution >= 4 is 11.3 Å². The highest BCUT2D eigenvalue weighted by Crippen LogP contribution is 2.11. The van der Waals surface area contributed by atoms with E-state index in [9.17, 15) is 0 Å². The van der Waals surface area contributed by atoms with Gasteiger partial charge in [0, 0.05) is 18.5 Å². The van der Waals surface area contributed by atoms with Crippen LogP contribution in [0, 0.1) is 5.92 Å². The third-order valence-corrected chi connectivity index (χ3v) is 3.90. The van der Waals surface area contributed by atoms with E-state index in [2.05, 4.69) is 48.4 Å². The number of aromatic nitrogens is 1. The Kier molecular flexibility index (Phi) is 8.26. The van der Waals surface area contributed by atoms with Crippen molar-refractivity contribution in [2.75, 3.05) is 20.1 Å². The lowest BCUT2D eigenvalue weighted by atomic mass is 10.2. The molecule has 0 radical (unpaired) electrons. The number of hydrogen-bond donors (Lipinski definition) is 1. The molecule has 1 N–H and O–H groups in total. The fourth-order valence-corrected chi connectivity index (χ4v) is 2.71. The first-order valence-electron chi connectivity index (χ1n) is 7.44. The van der Waals surface area contributed by atoms with Crippen molar-refractivity contribution in [2.45, 2.75) is 53.1 Å². The molecule has 0 aliphatic rings. The van der Waals surface area contributed by atoms with Crippen LogP contribution >= 0.6 is 11.3 Å². The van der Waals surface area contributed by atoms with Gasteiger partial charge >= 0.3 is 0 Å².